The molecule has 2 aromatic rings. The maximum absolute atomic E-state index is 12.2. The Kier molecular flexibility index (Phi) is 3.62. The summed E-state index contributed by atoms with van der Waals surface area (Å²) in [7, 11) is 0. The zero-order valence-corrected chi connectivity index (χ0v) is 12.5. The van der Waals surface area contributed by atoms with Gasteiger partial charge in [0.2, 0.25) is 0 Å². The highest BCUT2D eigenvalue weighted by Crippen LogP contribution is 2.38. The van der Waals surface area contributed by atoms with Crippen LogP contribution in [-0.4, -0.2) is 26.3 Å². The molecule has 7 heteroatoms. The van der Waals surface area contributed by atoms with E-state index in [0.29, 0.717) is 11.6 Å². The topological polar surface area (TPSA) is 88.9 Å². The van der Waals surface area contributed by atoms with E-state index >= 15 is 0 Å². The van der Waals surface area contributed by atoms with Crippen LogP contribution in [0, 0.1) is 13.8 Å². The van der Waals surface area contributed by atoms with Crippen LogP contribution in [0.5, 0.6) is 0 Å². The number of amides is 2. The Bertz CT molecular complexity index is 719. The van der Waals surface area contributed by atoms with E-state index in [9.17, 15) is 9.59 Å². The fourth-order valence-corrected chi connectivity index (χ4v) is 2.56. The molecule has 0 aliphatic heterocycles. The Hall–Kier alpha value is -2.70. The molecule has 7 nitrogen and oxygen atoms in total. The summed E-state index contributed by atoms with van der Waals surface area (Å²) >= 11 is 0. The highest BCUT2D eigenvalue weighted by atomic mass is 16.2. The first-order valence-corrected chi connectivity index (χ1v) is 7.13. The molecular formula is C15H17N5O2. The van der Waals surface area contributed by atoms with E-state index in [4.69, 9.17) is 0 Å². The molecule has 0 bridgehead atoms. The van der Waals surface area contributed by atoms with Crippen molar-refractivity contribution in [3.05, 3.63) is 47.3 Å². The number of aryl methyl sites for hydroxylation is 1. The average Bonchev–Trinajstić information content (AvgIpc) is 3.31. The maximum Gasteiger partial charge on any atom is 0.289 e. The van der Waals surface area contributed by atoms with Crippen molar-refractivity contribution in [1.29, 1.82) is 0 Å². The molecule has 2 heterocycles. The van der Waals surface area contributed by atoms with Crippen molar-refractivity contribution in [3.63, 3.8) is 0 Å². The summed E-state index contributed by atoms with van der Waals surface area (Å²) in [6.07, 6.45) is 6.53. The lowest BCUT2D eigenvalue weighted by Gasteiger charge is -2.09. The number of rotatable bonds is 3. The first-order chi connectivity index (χ1) is 10.6. The Labute approximate surface area is 127 Å². The summed E-state index contributed by atoms with van der Waals surface area (Å²) in [6.45, 7) is 3.91. The second-order valence-electron chi connectivity index (χ2n) is 5.38. The molecule has 3 rings (SSSR count). The highest BCUT2D eigenvalue weighted by Gasteiger charge is 2.28. The van der Waals surface area contributed by atoms with Gasteiger partial charge in [-0.2, -0.15) is 0 Å². The molecule has 2 aromatic heterocycles. The van der Waals surface area contributed by atoms with Gasteiger partial charge in [0.05, 0.1) is 11.8 Å². The monoisotopic (exact) mass is 299 g/mol. The van der Waals surface area contributed by atoms with Crippen LogP contribution in [0.4, 0.5) is 0 Å². The van der Waals surface area contributed by atoms with E-state index in [0.717, 1.165) is 24.2 Å². The molecule has 1 fully saturated rings. The van der Waals surface area contributed by atoms with Gasteiger partial charge >= 0.3 is 0 Å². The Morgan fingerprint density at radius 1 is 1.18 bits per heavy atom. The van der Waals surface area contributed by atoms with E-state index in [-0.39, 0.29) is 11.6 Å². The van der Waals surface area contributed by atoms with Crippen LogP contribution >= 0.6 is 0 Å². The Morgan fingerprint density at radius 3 is 2.55 bits per heavy atom. The van der Waals surface area contributed by atoms with Crippen molar-refractivity contribution >= 4 is 11.8 Å². The number of aromatic nitrogens is 3. The van der Waals surface area contributed by atoms with E-state index in [1.54, 1.807) is 0 Å². The lowest BCUT2D eigenvalue weighted by Crippen LogP contribution is -2.42. The SMILES string of the molecule is Cc1cc(C(=O)NNC(=O)c2cnccn2)c(C)n1C1CC1. The molecule has 22 heavy (non-hydrogen) atoms. The molecule has 2 amide bonds. The molecule has 114 valence electrons. The van der Waals surface area contributed by atoms with Crippen molar-refractivity contribution in [2.45, 2.75) is 32.7 Å². The number of hydrogen-bond donors (Lipinski definition) is 2. The normalized spacial score (nSPS) is 13.7. The molecule has 0 aromatic carbocycles. The van der Waals surface area contributed by atoms with Crippen molar-refractivity contribution in [2.75, 3.05) is 0 Å². The number of carbonyl (C=O) groups is 2. The van der Waals surface area contributed by atoms with Gasteiger partial charge in [-0.1, -0.05) is 0 Å². The number of hydrogen-bond acceptors (Lipinski definition) is 4. The lowest BCUT2D eigenvalue weighted by molar-refractivity contribution is 0.0843. The molecule has 1 saturated carbocycles. The average molecular weight is 299 g/mol. The zero-order chi connectivity index (χ0) is 15.7. The van der Waals surface area contributed by atoms with Crippen molar-refractivity contribution in [1.82, 2.24) is 25.4 Å². The van der Waals surface area contributed by atoms with Crippen molar-refractivity contribution < 1.29 is 9.59 Å². The third-order valence-corrected chi connectivity index (χ3v) is 3.73. The second-order valence-corrected chi connectivity index (χ2v) is 5.38. The van der Waals surface area contributed by atoms with Gasteiger partial charge in [0.25, 0.3) is 11.8 Å². The predicted molar refractivity (Wildman–Crippen MR) is 79.1 cm³/mol. The molecule has 2 N–H and O–H groups in total. The van der Waals surface area contributed by atoms with E-state index in [1.165, 1.54) is 18.6 Å². The number of hydrazine groups is 1. The molecule has 0 radical (unpaired) electrons. The van der Waals surface area contributed by atoms with E-state index in [1.807, 2.05) is 19.9 Å². The van der Waals surface area contributed by atoms with E-state index < -0.39 is 5.91 Å². The van der Waals surface area contributed by atoms with Crippen molar-refractivity contribution in [3.8, 4) is 0 Å². The van der Waals surface area contributed by atoms with Gasteiger partial charge in [0, 0.05) is 29.8 Å². The third kappa shape index (κ3) is 2.69. The molecule has 1 aliphatic rings. The molecule has 0 unspecified atom stereocenters. The van der Waals surface area contributed by atoms with Crippen LogP contribution in [-0.2, 0) is 0 Å². The zero-order valence-electron chi connectivity index (χ0n) is 12.5. The maximum atomic E-state index is 12.2. The van der Waals surface area contributed by atoms with Crippen LogP contribution in [0.3, 0.4) is 0 Å². The van der Waals surface area contributed by atoms with Crippen LogP contribution in [0.15, 0.2) is 24.7 Å². The second kappa shape index (κ2) is 5.59. The smallest absolute Gasteiger partial charge is 0.289 e. The summed E-state index contributed by atoms with van der Waals surface area (Å²) < 4.78 is 2.18. The van der Waals surface area contributed by atoms with Crippen LogP contribution in [0.1, 0.15) is 51.1 Å². The molecular weight excluding hydrogens is 282 g/mol. The van der Waals surface area contributed by atoms with Crippen LogP contribution in [0.25, 0.3) is 0 Å². The van der Waals surface area contributed by atoms with Gasteiger partial charge in [-0.05, 0) is 32.8 Å². The molecule has 1 aliphatic carbocycles. The minimum atomic E-state index is -0.502. The predicted octanol–water partition coefficient (Wildman–Crippen LogP) is 1.30. The minimum absolute atomic E-state index is 0.145. The van der Waals surface area contributed by atoms with Gasteiger partial charge < -0.3 is 4.57 Å². The van der Waals surface area contributed by atoms with Crippen LogP contribution in [0.2, 0.25) is 0 Å². The highest BCUT2D eigenvalue weighted by molar-refractivity contribution is 5.99. The van der Waals surface area contributed by atoms with Gasteiger partial charge in [0.1, 0.15) is 5.69 Å². The van der Waals surface area contributed by atoms with Crippen LogP contribution < -0.4 is 10.9 Å². The number of nitrogens with one attached hydrogen (secondary N) is 2. The number of nitrogens with zero attached hydrogens (tertiary/aromatic N) is 3. The summed E-state index contributed by atoms with van der Waals surface area (Å²) in [5.41, 5.74) is 7.47. The third-order valence-electron chi connectivity index (χ3n) is 3.73. The van der Waals surface area contributed by atoms with E-state index in [2.05, 4.69) is 25.4 Å². The number of carbonyl (C=O) groups excluding carboxylic acids is 2. The molecule has 0 saturated heterocycles. The summed E-state index contributed by atoms with van der Waals surface area (Å²) in [6, 6.07) is 2.35. The summed E-state index contributed by atoms with van der Waals surface area (Å²) in [5.74, 6) is -0.838. The fraction of sp³-hybridized carbons (Fsp3) is 0.333. The molecule has 0 spiro atoms. The standard InChI is InChI=1S/C15H17N5O2/c1-9-7-12(10(2)20(9)11-3-4-11)14(21)18-19-15(22)13-8-16-5-6-17-13/h5-8,11H,3-4H2,1-2H3,(H,18,21)(H,19,22). The first kappa shape index (κ1) is 14.2. The van der Waals surface area contributed by atoms with Gasteiger partial charge in [-0.25, -0.2) is 4.98 Å². The van der Waals surface area contributed by atoms with Crippen molar-refractivity contribution in [2.24, 2.45) is 0 Å². The molecule has 0 atom stereocenters. The van der Waals surface area contributed by atoms with Gasteiger partial charge in [0.15, 0.2) is 0 Å². The quantitative estimate of drug-likeness (QED) is 0.836. The van der Waals surface area contributed by atoms with Gasteiger partial charge in [-0.3, -0.25) is 25.4 Å². The fourth-order valence-electron chi connectivity index (χ4n) is 2.56. The summed E-state index contributed by atoms with van der Waals surface area (Å²) in [4.78, 5) is 31.7. The first-order valence-electron chi connectivity index (χ1n) is 7.13. The Morgan fingerprint density at radius 2 is 1.91 bits per heavy atom. The Balaban J connectivity index is 1.68. The summed E-state index contributed by atoms with van der Waals surface area (Å²) in [5, 5.41) is 0. The largest absolute Gasteiger partial charge is 0.345 e. The van der Waals surface area contributed by atoms with Gasteiger partial charge in [-0.15, -0.1) is 0 Å². The minimum Gasteiger partial charge on any atom is -0.345 e. The lowest BCUT2D eigenvalue weighted by atomic mass is 10.2.